The van der Waals surface area contributed by atoms with Crippen molar-refractivity contribution < 1.29 is 0 Å². The van der Waals surface area contributed by atoms with E-state index in [1.54, 1.807) is 12.5 Å². The Kier molecular flexibility index (Phi) is 4.36. The molecule has 0 aliphatic heterocycles. The van der Waals surface area contributed by atoms with Crippen molar-refractivity contribution in [2.45, 2.75) is 26.3 Å². The smallest absolute Gasteiger partial charge is 0.115 e. The molecule has 1 N–H and O–H groups in total. The van der Waals surface area contributed by atoms with Crippen molar-refractivity contribution in [1.82, 2.24) is 20.3 Å². The summed E-state index contributed by atoms with van der Waals surface area (Å²) in [5, 5.41) is 3.49. The summed E-state index contributed by atoms with van der Waals surface area (Å²) in [7, 11) is 0. The molecule has 4 nitrogen and oxygen atoms in total. The first-order chi connectivity index (χ1) is 8.81. The highest BCUT2D eigenvalue weighted by atomic mass is 15.0. The highest BCUT2D eigenvalue weighted by molar-refractivity contribution is 5.25. The Labute approximate surface area is 108 Å². The summed E-state index contributed by atoms with van der Waals surface area (Å²) in [6.45, 7) is 5.09. The molecule has 0 aromatic carbocycles. The standard InChI is InChI=1S/C14H18N4/c1-3-7-16-14(13-6-8-15-10-18-13)12-5-4-11(2)17-9-12/h4-6,8-10,14,16H,3,7H2,1-2H3. The predicted octanol–water partition coefficient (Wildman–Crippen LogP) is 2.27. The molecule has 94 valence electrons. The first-order valence-electron chi connectivity index (χ1n) is 6.23. The number of nitrogens with zero attached hydrogens (tertiary/aromatic N) is 3. The Morgan fingerprint density at radius 2 is 2.11 bits per heavy atom. The van der Waals surface area contributed by atoms with Gasteiger partial charge in [-0.3, -0.25) is 4.98 Å². The SMILES string of the molecule is CCCNC(c1ccc(C)nc1)c1ccncn1. The van der Waals surface area contributed by atoms with Gasteiger partial charge in [-0.25, -0.2) is 9.97 Å². The average molecular weight is 242 g/mol. The van der Waals surface area contributed by atoms with Crippen molar-refractivity contribution in [3.05, 3.63) is 53.9 Å². The number of hydrogen-bond acceptors (Lipinski definition) is 4. The lowest BCUT2D eigenvalue weighted by atomic mass is 10.1. The van der Waals surface area contributed by atoms with Crippen LogP contribution < -0.4 is 5.32 Å². The largest absolute Gasteiger partial charge is 0.305 e. The van der Waals surface area contributed by atoms with Crippen molar-refractivity contribution in [2.75, 3.05) is 6.54 Å². The fourth-order valence-electron chi connectivity index (χ4n) is 1.80. The molecule has 0 saturated heterocycles. The van der Waals surface area contributed by atoms with Crippen molar-refractivity contribution in [3.63, 3.8) is 0 Å². The van der Waals surface area contributed by atoms with E-state index in [0.29, 0.717) is 0 Å². The monoisotopic (exact) mass is 242 g/mol. The third-order valence-corrected chi connectivity index (χ3v) is 2.77. The molecule has 0 bridgehead atoms. The minimum atomic E-state index is 0.0843. The van der Waals surface area contributed by atoms with E-state index < -0.39 is 0 Å². The molecule has 0 aliphatic carbocycles. The zero-order valence-corrected chi connectivity index (χ0v) is 10.8. The number of hydrogen-bond donors (Lipinski definition) is 1. The van der Waals surface area contributed by atoms with Crippen LogP contribution in [-0.2, 0) is 0 Å². The maximum Gasteiger partial charge on any atom is 0.115 e. The normalized spacial score (nSPS) is 12.3. The van der Waals surface area contributed by atoms with E-state index >= 15 is 0 Å². The third-order valence-electron chi connectivity index (χ3n) is 2.77. The molecule has 0 saturated carbocycles. The van der Waals surface area contributed by atoms with Crippen LogP contribution in [0.15, 0.2) is 36.9 Å². The van der Waals surface area contributed by atoms with E-state index in [9.17, 15) is 0 Å². The number of nitrogens with one attached hydrogen (secondary N) is 1. The highest BCUT2D eigenvalue weighted by Crippen LogP contribution is 2.19. The van der Waals surface area contributed by atoms with Gasteiger partial charge in [-0.15, -0.1) is 0 Å². The number of aryl methyl sites for hydroxylation is 1. The van der Waals surface area contributed by atoms with Gasteiger partial charge < -0.3 is 5.32 Å². The number of aromatic nitrogens is 3. The van der Waals surface area contributed by atoms with Gasteiger partial charge in [-0.1, -0.05) is 13.0 Å². The van der Waals surface area contributed by atoms with E-state index in [4.69, 9.17) is 0 Å². The lowest BCUT2D eigenvalue weighted by molar-refractivity contribution is 0.583. The summed E-state index contributed by atoms with van der Waals surface area (Å²) in [4.78, 5) is 12.6. The molecule has 0 spiro atoms. The topological polar surface area (TPSA) is 50.7 Å². The highest BCUT2D eigenvalue weighted by Gasteiger charge is 2.14. The van der Waals surface area contributed by atoms with E-state index in [-0.39, 0.29) is 6.04 Å². The van der Waals surface area contributed by atoms with Crippen LogP contribution in [-0.4, -0.2) is 21.5 Å². The van der Waals surface area contributed by atoms with Crippen molar-refractivity contribution >= 4 is 0 Å². The van der Waals surface area contributed by atoms with Crippen molar-refractivity contribution in [3.8, 4) is 0 Å². The summed E-state index contributed by atoms with van der Waals surface area (Å²) in [6.07, 6.45) is 6.34. The quantitative estimate of drug-likeness (QED) is 0.873. The molecule has 0 amide bonds. The summed E-state index contributed by atoms with van der Waals surface area (Å²) >= 11 is 0. The summed E-state index contributed by atoms with van der Waals surface area (Å²) in [5.74, 6) is 0. The van der Waals surface area contributed by atoms with E-state index in [1.165, 1.54) is 0 Å². The van der Waals surface area contributed by atoms with E-state index in [1.807, 2.05) is 25.3 Å². The van der Waals surface area contributed by atoms with Gasteiger partial charge in [0.15, 0.2) is 0 Å². The maximum atomic E-state index is 4.35. The zero-order valence-electron chi connectivity index (χ0n) is 10.8. The molecule has 1 atom stereocenters. The molecule has 2 rings (SSSR count). The second-order valence-corrected chi connectivity index (χ2v) is 4.25. The van der Waals surface area contributed by atoms with Crippen LogP contribution in [0.1, 0.15) is 36.3 Å². The van der Waals surface area contributed by atoms with Gasteiger partial charge in [0.1, 0.15) is 6.33 Å². The van der Waals surface area contributed by atoms with Crippen LogP contribution in [0.4, 0.5) is 0 Å². The molecule has 1 unspecified atom stereocenters. The van der Waals surface area contributed by atoms with Crippen LogP contribution in [0.5, 0.6) is 0 Å². The molecular weight excluding hydrogens is 224 g/mol. The molecule has 2 aromatic rings. The van der Waals surface area contributed by atoms with Gasteiger partial charge in [-0.2, -0.15) is 0 Å². The second-order valence-electron chi connectivity index (χ2n) is 4.25. The Bertz CT molecular complexity index is 467. The average Bonchev–Trinajstić information content (AvgIpc) is 2.42. The fraction of sp³-hybridized carbons (Fsp3) is 0.357. The van der Waals surface area contributed by atoms with Crippen LogP contribution in [0.2, 0.25) is 0 Å². The molecule has 18 heavy (non-hydrogen) atoms. The van der Waals surface area contributed by atoms with Crippen molar-refractivity contribution in [1.29, 1.82) is 0 Å². The molecule has 0 aliphatic rings. The molecule has 2 heterocycles. The Balaban J connectivity index is 2.27. The Morgan fingerprint density at radius 1 is 1.22 bits per heavy atom. The van der Waals surface area contributed by atoms with Gasteiger partial charge in [0.2, 0.25) is 0 Å². The minimum absolute atomic E-state index is 0.0843. The Morgan fingerprint density at radius 3 is 2.72 bits per heavy atom. The summed E-state index contributed by atoms with van der Waals surface area (Å²) in [5.41, 5.74) is 3.13. The minimum Gasteiger partial charge on any atom is -0.305 e. The molecule has 0 fully saturated rings. The van der Waals surface area contributed by atoms with Crippen molar-refractivity contribution in [2.24, 2.45) is 0 Å². The van der Waals surface area contributed by atoms with Gasteiger partial charge in [0.05, 0.1) is 11.7 Å². The number of pyridine rings is 1. The molecule has 0 radical (unpaired) electrons. The first kappa shape index (κ1) is 12.6. The van der Waals surface area contributed by atoms with E-state index in [2.05, 4.69) is 33.3 Å². The molecule has 4 heteroatoms. The zero-order chi connectivity index (χ0) is 12.8. The van der Waals surface area contributed by atoms with Gasteiger partial charge in [0.25, 0.3) is 0 Å². The maximum absolute atomic E-state index is 4.35. The first-order valence-corrected chi connectivity index (χ1v) is 6.23. The van der Waals surface area contributed by atoms with Gasteiger partial charge in [-0.05, 0) is 37.6 Å². The predicted molar refractivity (Wildman–Crippen MR) is 71.1 cm³/mol. The van der Waals surface area contributed by atoms with Crippen LogP contribution in [0, 0.1) is 6.92 Å². The van der Waals surface area contributed by atoms with Crippen LogP contribution >= 0.6 is 0 Å². The molecule has 2 aromatic heterocycles. The fourth-order valence-corrected chi connectivity index (χ4v) is 1.80. The summed E-state index contributed by atoms with van der Waals surface area (Å²) < 4.78 is 0. The van der Waals surface area contributed by atoms with Gasteiger partial charge in [0, 0.05) is 18.1 Å². The lowest BCUT2D eigenvalue weighted by Gasteiger charge is -2.18. The second kappa shape index (κ2) is 6.21. The summed E-state index contributed by atoms with van der Waals surface area (Å²) in [6, 6.07) is 6.14. The van der Waals surface area contributed by atoms with Crippen LogP contribution in [0.3, 0.4) is 0 Å². The Hall–Kier alpha value is -1.81. The molecular formula is C14H18N4. The lowest BCUT2D eigenvalue weighted by Crippen LogP contribution is -2.24. The van der Waals surface area contributed by atoms with Gasteiger partial charge >= 0.3 is 0 Å². The third kappa shape index (κ3) is 3.11. The van der Waals surface area contributed by atoms with E-state index in [0.717, 1.165) is 29.9 Å². The van der Waals surface area contributed by atoms with Crippen LogP contribution in [0.25, 0.3) is 0 Å². The number of rotatable bonds is 5.